The van der Waals surface area contributed by atoms with Gasteiger partial charge in [0.05, 0.1) is 0 Å². The van der Waals surface area contributed by atoms with Crippen LogP contribution in [0.2, 0.25) is 0 Å². The standard InChI is InChI=1S/C20H26N2/c1-19(2)12-8-9-20(3)15(10-12)17(22-19)11-14-13-6-4-5-7-16(13)21-18(14)20/h4-7,12,15,17,21-22H,8-11H2,1-3H3/t12-,15+,17+,20+/m0/s1. The average Bonchev–Trinajstić information content (AvgIpc) is 2.86. The van der Waals surface area contributed by atoms with Crippen LogP contribution in [0.5, 0.6) is 0 Å². The maximum Gasteiger partial charge on any atom is 0.0459 e. The summed E-state index contributed by atoms with van der Waals surface area (Å²) in [6.07, 6.45) is 5.28. The summed E-state index contributed by atoms with van der Waals surface area (Å²) in [4.78, 5) is 3.81. The zero-order valence-electron chi connectivity index (χ0n) is 13.9. The third kappa shape index (κ3) is 1.49. The Morgan fingerprint density at radius 2 is 1.95 bits per heavy atom. The number of H-pyrrole nitrogens is 1. The molecular weight excluding hydrogens is 268 g/mol. The molecule has 1 saturated carbocycles. The zero-order valence-corrected chi connectivity index (χ0v) is 13.9. The van der Waals surface area contributed by atoms with Crippen LogP contribution in [0.25, 0.3) is 10.9 Å². The van der Waals surface area contributed by atoms with Crippen LogP contribution in [0.4, 0.5) is 0 Å². The molecular formula is C20H26N2. The van der Waals surface area contributed by atoms with Gasteiger partial charge in [0, 0.05) is 33.6 Å². The van der Waals surface area contributed by atoms with Crippen molar-refractivity contribution in [3.8, 4) is 0 Å². The maximum absolute atomic E-state index is 4.03. The molecule has 0 spiro atoms. The highest BCUT2D eigenvalue weighted by molar-refractivity contribution is 5.85. The Morgan fingerprint density at radius 1 is 1.14 bits per heavy atom. The number of fused-ring (bicyclic) bond motifs is 5. The molecule has 2 aromatic rings. The third-order valence-corrected chi connectivity index (χ3v) is 7.24. The van der Waals surface area contributed by atoms with E-state index in [2.05, 4.69) is 55.3 Å². The summed E-state index contributed by atoms with van der Waals surface area (Å²) in [6, 6.07) is 9.51. The summed E-state index contributed by atoms with van der Waals surface area (Å²) in [5, 5.41) is 5.48. The van der Waals surface area contributed by atoms with Crippen molar-refractivity contribution in [3.05, 3.63) is 35.5 Å². The van der Waals surface area contributed by atoms with Crippen molar-refractivity contribution >= 4 is 10.9 Å². The molecule has 2 bridgehead atoms. The van der Waals surface area contributed by atoms with Crippen molar-refractivity contribution in [2.24, 2.45) is 11.8 Å². The number of piperidine rings is 1. The van der Waals surface area contributed by atoms with Gasteiger partial charge in [0.15, 0.2) is 0 Å². The van der Waals surface area contributed by atoms with E-state index in [0.29, 0.717) is 17.0 Å². The molecule has 0 unspecified atom stereocenters. The first-order valence-corrected chi connectivity index (χ1v) is 8.87. The first-order chi connectivity index (χ1) is 10.5. The van der Waals surface area contributed by atoms with Crippen LogP contribution in [0.1, 0.15) is 51.3 Å². The van der Waals surface area contributed by atoms with Gasteiger partial charge in [-0.25, -0.2) is 0 Å². The van der Waals surface area contributed by atoms with E-state index >= 15 is 0 Å². The molecule has 2 heteroatoms. The molecule has 0 amide bonds. The molecule has 5 rings (SSSR count). The van der Waals surface area contributed by atoms with E-state index in [0.717, 1.165) is 11.8 Å². The highest BCUT2D eigenvalue weighted by atomic mass is 15.0. The fourth-order valence-electron chi connectivity index (χ4n) is 5.93. The number of aromatic nitrogens is 1. The van der Waals surface area contributed by atoms with Crippen LogP contribution in [-0.4, -0.2) is 16.6 Å². The lowest BCUT2D eigenvalue weighted by Gasteiger charge is -2.59. The quantitative estimate of drug-likeness (QED) is 0.750. The van der Waals surface area contributed by atoms with Gasteiger partial charge in [-0.3, -0.25) is 0 Å². The fraction of sp³-hybridized carbons (Fsp3) is 0.600. The Hall–Kier alpha value is -1.28. The van der Waals surface area contributed by atoms with Gasteiger partial charge >= 0.3 is 0 Å². The summed E-state index contributed by atoms with van der Waals surface area (Å²) in [5.74, 6) is 1.63. The van der Waals surface area contributed by atoms with E-state index in [-0.39, 0.29) is 0 Å². The first-order valence-electron chi connectivity index (χ1n) is 8.87. The predicted molar refractivity (Wildman–Crippen MR) is 91.2 cm³/mol. The van der Waals surface area contributed by atoms with Crippen molar-refractivity contribution in [1.29, 1.82) is 0 Å². The second kappa shape index (κ2) is 3.97. The molecule has 116 valence electrons. The van der Waals surface area contributed by atoms with Gasteiger partial charge < -0.3 is 10.3 Å². The number of rotatable bonds is 0. The van der Waals surface area contributed by atoms with Crippen molar-refractivity contribution in [1.82, 2.24) is 10.3 Å². The number of para-hydroxylation sites is 1. The van der Waals surface area contributed by atoms with E-state index in [1.807, 2.05) is 0 Å². The van der Waals surface area contributed by atoms with Gasteiger partial charge in [0.1, 0.15) is 0 Å². The normalized spacial score (nSPS) is 38.8. The molecule has 1 aromatic heterocycles. The van der Waals surface area contributed by atoms with Crippen LogP contribution >= 0.6 is 0 Å². The largest absolute Gasteiger partial charge is 0.358 e. The second-order valence-corrected chi connectivity index (χ2v) is 8.70. The van der Waals surface area contributed by atoms with Gasteiger partial charge in [-0.05, 0) is 63.0 Å². The van der Waals surface area contributed by atoms with Gasteiger partial charge in [0.2, 0.25) is 0 Å². The Labute approximate surface area is 132 Å². The minimum atomic E-state index is 0.298. The average molecular weight is 294 g/mol. The fourth-order valence-corrected chi connectivity index (χ4v) is 5.93. The van der Waals surface area contributed by atoms with E-state index in [9.17, 15) is 0 Å². The summed E-state index contributed by atoms with van der Waals surface area (Å²) in [6.45, 7) is 7.36. The molecule has 2 heterocycles. The smallest absolute Gasteiger partial charge is 0.0459 e. The molecule has 2 nitrogen and oxygen atoms in total. The van der Waals surface area contributed by atoms with Gasteiger partial charge in [-0.2, -0.15) is 0 Å². The lowest BCUT2D eigenvalue weighted by molar-refractivity contribution is -0.000788. The van der Waals surface area contributed by atoms with Crippen molar-refractivity contribution in [2.75, 3.05) is 0 Å². The minimum absolute atomic E-state index is 0.298. The molecule has 2 fully saturated rings. The van der Waals surface area contributed by atoms with E-state index in [4.69, 9.17) is 0 Å². The van der Waals surface area contributed by atoms with Crippen LogP contribution < -0.4 is 5.32 Å². The molecule has 1 saturated heterocycles. The first kappa shape index (κ1) is 13.2. The third-order valence-electron chi connectivity index (χ3n) is 7.24. The van der Waals surface area contributed by atoms with E-state index in [1.54, 1.807) is 11.3 Å². The molecule has 22 heavy (non-hydrogen) atoms. The Bertz CT molecular complexity index is 756. The molecule has 1 aliphatic heterocycles. The van der Waals surface area contributed by atoms with E-state index < -0.39 is 0 Å². The lowest BCUT2D eigenvalue weighted by atomic mass is 9.52. The van der Waals surface area contributed by atoms with Crippen LogP contribution in [0.15, 0.2) is 24.3 Å². The molecule has 1 aromatic carbocycles. The van der Waals surface area contributed by atoms with Gasteiger partial charge in [0.25, 0.3) is 0 Å². The zero-order chi connectivity index (χ0) is 15.1. The van der Waals surface area contributed by atoms with Gasteiger partial charge in [-0.1, -0.05) is 25.1 Å². The van der Waals surface area contributed by atoms with Crippen molar-refractivity contribution < 1.29 is 0 Å². The Kier molecular flexibility index (Phi) is 2.38. The summed E-state index contributed by atoms with van der Waals surface area (Å²) >= 11 is 0. The SMILES string of the molecule is CC1(C)N[C@@H]2Cc3c([nH]c4ccccc34)[C@]3(C)CC[C@H]1C[C@H]23. The highest BCUT2D eigenvalue weighted by Gasteiger charge is 2.55. The monoisotopic (exact) mass is 294 g/mol. The summed E-state index contributed by atoms with van der Waals surface area (Å²) in [5.41, 5.74) is 5.09. The molecule has 2 aliphatic carbocycles. The number of hydrogen-bond donors (Lipinski definition) is 2. The molecule has 0 radical (unpaired) electrons. The number of nitrogens with one attached hydrogen (secondary N) is 2. The topological polar surface area (TPSA) is 27.8 Å². The lowest BCUT2D eigenvalue weighted by Crippen LogP contribution is -2.66. The number of aromatic amines is 1. The second-order valence-electron chi connectivity index (χ2n) is 8.70. The molecule has 3 aliphatic rings. The minimum Gasteiger partial charge on any atom is -0.358 e. The molecule has 2 N–H and O–H groups in total. The Balaban J connectivity index is 1.73. The predicted octanol–water partition coefficient (Wildman–Crippen LogP) is 4.15. The van der Waals surface area contributed by atoms with Crippen LogP contribution in [-0.2, 0) is 11.8 Å². The van der Waals surface area contributed by atoms with Crippen LogP contribution in [0.3, 0.4) is 0 Å². The number of benzene rings is 1. The van der Waals surface area contributed by atoms with Crippen LogP contribution in [0, 0.1) is 11.8 Å². The maximum atomic E-state index is 4.03. The van der Waals surface area contributed by atoms with Gasteiger partial charge in [-0.15, -0.1) is 0 Å². The summed E-state index contributed by atoms with van der Waals surface area (Å²) in [7, 11) is 0. The number of hydrogen-bond acceptors (Lipinski definition) is 1. The molecule has 4 atom stereocenters. The van der Waals surface area contributed by atoms with E-state index in [1.165, 1.54) is 36.6 Å². The highest BCUT2D eigenvalue weighted by Crippen LogP contribution is 2.56. The summed E-state index contributed by atoms with van der Waals surface area (Å²) < 4.78 is 0. The van der Waals surface area contributed by atoms with Crippen molar-refractivity contribution in [3.63, 3.8) is 0 Å². The Morgan fingerprint density at radius 3 is 2.82 bits per heavy atom. The van der Waals surface area contributed by atoms with Crippen molar-refractivity contribution in [2.45, 2.75) is 63.5 Å².